The van der Waals surface area contributed by atoms with Gasteiger partial charge in [0.2, 0.25) is 5.91 Å². The molecule has 3 rings (SSSR count). The molecular formula is C14H14ClNO. The summed E-state index contributed by atoms with van der Waals surface area (Å²) in [6.45, 7) is 0. The number of amides is 1. The molecule has 88 valence electrons. The summed E-state index contributed by atoms with van der Waals surface area (Å²) in [6.07, 6.45) is 2.94. The van der Waals surface area contributed by atoms with E-state index in [0.29, 0.717) is 17.9 Å². The van der Waals surface area contributed by atoms with Gasteiger partial charge in [-0.25, -0.2) is 0 Å². The van der Waals surface area contributed by atoms with Crippen molar-refractivity contribution < 1.29 is 6.17 Å². The van der Waals surface area contributed by atoms with Gasteiger partial charge >= 0.3 is 0 Å². The molecule has 1 aromatic carbocycles. The number of fused-ring (bicyclic) bond motifs is 2. The van der Waals surface area contributed by atoms with E-state index in [2.05, 4.69) is 0 Å². The van der Waals surface area contributed by atoms with Gasteiger partial charge in [0.15, 0.2) is 0 Å². The highest BCUT2D eigenvalue weighted by Gasteiger charge is 2.32. The van der Waals surface area contributed by atoms with Crippen LogP contribution in [0.4, 0.5) is 0 Å². The molecule has 0 heterocycles. The summed E-state index contributed by atoms with van der Waals surface area (Å²) in [5.41, 5.74) is 9.70. The van der Waals surface area contributed by atoms with E-state index in [9.17, 15) is 4.79 Å². The first-order valence-corrected chi connectivity index (χ1v) is 6.21. The van der Waals surface area contributed by atoms with Crippen molar-refractivity contribution in [2.75, 3.05) is 0 Å². The largest absolute Gasteiger partial charge is 0.369 e. The van der Waals surface area contributed by atoms with E-state index >= 15 is 0 Å². The molecule has 17 heavy (non-hydrogen) atoms. The van der Waals surface area contributed by atoms with E-state index in [1.54, 1.807) is 0 Å². The van der Waals surface area contributed by atoms with Gasteiger partial charge in [-0.15, -0.1) is 0 Å². The van der Waals surface area contributed by atoms with Crippen LogP contribution in [0.1, 0.15) is 31.8 Å². The van der Waals surface area contributed by atoms with Crippen LogP contribution >= 0.6 is 11.6 Å². The van der Waals surface area contributed by atoms with Crippen molar-refractivity contribution in [2.45, 2.75) is 25.7 Å². The Morgan fingerprint density at radius 2 is 2.35 bits per heavy atom. The summed E-state index contributed by atoms with van der Waals surface area (Å²) in [4.78, 5) is 11.6. The van der Waals surface area contributed by atoms with Gasteiger partial charge in [-0.05, 0) is 60.1 Å². The lowest BCUT2D eigenvalue weighted by atomic mass is 9.82. The highest BCUT2D eigenvalue weighted by molar-refractivity contribution is 6.30. The van der Waals surface area contributed by atoms with Crippen molar-refractivity contribution in [1.29, 1.82) is 0 Å². The molecule has 0 unspecified atom stereocenters. The lowest BCUT2D eigenvalue weighted by Crippen LogP contribution is -2.27. The number of carbonyl (C=O) groups excluding carboxylic acids is 1. The molecule has 2 nitrogen and oxygen atoms in total. The molecule has 2 aliphatic carbocycles. The van der Waals surface area contributed by atoms with E-state index < -0.39 is 11.8 Å². The Morgan fingerprint density at radius 1 is 1.53 bits per heavy atom. The fraction of sp³-hybridized carbons (Fsp3) is 0.357. The number of hydrogen-bond acceptors (Lipinski definition) is 1. The van der Waals surface area contributed by atoms with Gasteiger partial charge in [-0.2, -0.15) is 0 Å². The Balaban J connectivity index is 2.15. The van der Waals surface area contributed by atoms with Gasteiger partial charge in [0.25, 0.3) is 0 Å². The van der Waals surface area contributed by atoms with Crippen LogP contribution in [0, 0.1) is 5.89 Å². The zero-order valence-electron chi connectivity index (χ0n) is 10.4. The fourth-order valence-electron chi connectivity index (χ4n) is 2.88. The summed E-state index contributed by atoms with van der Waals surface area (Å²) in [6, 6.07) is 5.78. The molecule has 0 fully saturated rings. The van der Waals surface area contributed by atoms with Crippen molar-refractivity contribution in [3.63, 3.8) is 0 Å². The second-order valence-corrected chi connectivity index (χ2v) is 5.07. The minimum Gasteiger partial charge on any atom is -0.369 e. The standard InChI is InChI=1S/C14H14ClNO/c15-9-5-4-8-6-13-10(12(8)7-9)2-1-3-11(13)14(16)17/h4-5,7,11H,1-3,6H2,(H2,16,17)/t11-/m0/s1/i11D. The smallest absolute Gasteiger partial charge is 0.224 e. The number of rotatable bonds is 1. The van der Waals surface area contributed by atoms with E-state index in [0.717, 1.165) is 35.1 Å². The summed E-state index contributed by atoms with van der Waals surface area (Å²) in [7, 11) is 0. The molecule has 0 spiro atoms. The van der Waals surface area contributed by atoms with E-state index in [-0.39, 0.29) is 0 Å². The Hall–Kier alpha value is -1.28. The maximum atomic E-state index is 11.6. The minimum absolute atomic E-state index is 0.531. The first-order valence-electron chi connectivity index (χ1n) is 6.33. The molecule has 1 atom stereocenters. The van der Waals surface area contributed by atoms with Crippen molar-refractivity contribution in [3.05, 3.63) is 39.9 Å². The molecule has 2 aliphatic rings. The van der Waals surface area contributed by atoms with E-state index in [1.165, 1.54) is 0 Å². The normalized spacial score (nSPS) is 27.5. The van der Waals surface area contributed by atoms with E-state index in [1.807, 2.05) is 18.2 Å². The van der Waals surface area contributed by atoms with Gasteiger partial charge in [-0.1, -0.05) is 17.7 Å². The van der Waals surface area contributed by atoms with Crippen LogP contribution < -0.4 is 5.73 Å². The third-order valence-corrected chi connectivity index (χ3v) is 3.88. The number of hydrogen-bond donors (Lipinski definition) is 1. The van der Waals surface area contributed by atoms with Crippen molar-refractivity contribution >= 4 is 23.1 Å². The number of allylic oxidation sites excluding steroid dienone is 1. The molecule has 0 aromatic heterocycles. The first-order chi connectivity index (χ1) is 8.52. The number of nitrogens with two attached hydrogens (primary N) is 1. The molecular weight excluding hydrogens is 234 g/mol. The van der Waals surface area contributed by atoms with Crippen LogP contribution in [0.5, 0.6) is 0 Å². The number of halogens is 1. The predicted molar refractivity (Wildman–Crippen MR) is 68.6 cm³/mol. The van der Waals surface area contributed by atoms with Crippen molar-refractivity contribution in [1.82, 2.24) is 0 Å². The fourth-order valence-corrected chi connectivity index (χ4v) is 3.05. The van der Waals surface area contributed by atoms with Gasteiger partial charge < -0.3 is 5.73 Å². The summed E-state index contributed by atoms with van der Waals surface area (Å²) >= 11 is 6.03. The highest BCUT2D eigenvalue weighted by Crippen LogP contribution is 2.44. The van der Waals surface area contributed by atoms with Crippen molar-refractivity contribution in [2.24, 2.45) is 11.6 Å². The van der Waals surface area contributed by atoms with Gasteiger partial charge in [0, 0.05) is 6.39 Å². The molecule has 0 aliphatic heterocycles. The number of primary amides is 1. The molecule has 0 saturated carbocycles. The first kappa shape index (κ1) is 9.72. The highest BCUT2D eigenvalue weighted by atomic mass is 35.5. The average molecular weight is 249 g/mol. The topological polar surface area (TPSA) is 43.1 Å². The van der Waals surface area contributed by atoms with Gasteiger partial charge in [0.05, 0.1) is 5.89 Å². The van der Waals surface area contributed by atoms with Gasteiger partial charge in [0.1, 0.15) is 0 Å². The van der Waals surface area contributed by atoms with Crippen LogP contribution in [0.2, 0.25) is 5.02 Å². The average Bonchev–Trinajstić information content (AvgIpc) is 2.69. The lowest BCUT2D eigenvalue weighted by Gasteiger charge is -2.22. The van der Waals surface area contributed by atoms with Crippen LogP contribution in [0.3, 0.4) is 0 Å². The molecule has 1 amide bonds. The molecule has 0 radical (unpaired) electrons. The van der Waals surface area contributed by atoms with E-state index in [4.69, 9.17) is 18.7 Å². The maximum Gasteiger partial charge on any atom is 0.224 e. The molecule has 2 N–H and O–H groups in total. The Morgan fingerprint density at radius 3 is 3.12 bits per heavy atom. The summed E-state index contributed by atoms with van der Waals surface area (Å²) in [5, 5.41) is 0.697. The van der Waals surface area contributed by atoms with Crippen molar-refractivity contribution in [3.8, 4) is 0 Å². The Labute approximate surface area is 107 Å². The predicted octanol–water partition coefficient (Wildman–Crippen LogP) is 2.94. The quantitative estimate of drug-likeness (QED) is 0.816. The van der Waals surface area contributed by atoms with Gasteiger partial charge in [-0.3, -0.25) is 4.79 Å². The minimum atomic E-state index is -1.22. The Kier molecular flexibility index (Phi) is 2.22. The number of benzene rings is 1. The number of carbonyl (C=O) groups is 1. The second-order valence-electron chi connectivity index (χ2n) is 4.63. The third kappa shape index (κ3) is 1.67. The zero-order valence-corrected chi connectivity index (χ0v) is 10.2. The Bertz CT molecular complexity index is 581. The monoisotopic (exact) mass is 248 g/mol. The second kappa shape index (κ2) is 3.88. The summed E-state index contributed by atoms with van der Waals surface area (Å²) in [5.74, 6) is -1.76. The van der Waals surface area contributed by atoms with Crippen LogP contribution in [0.15, 0.2) is 23.8 Å². The summed E-state index contributed by atoms with van der Waals surface area (Å²) < 4.78 is 8.37. The SMILES string of the molecule is [2H][C@]1(C(N)=O)CCCC2=C1Cc1ccc(Cl)cc12. The van der Waals surface area contributed by atoms with Crippen LogP contribution in [-0.4, -0.2) is 5.91 Å². The third-order valence-electron chi connectivity index (χ3n) is 3.64. The molecule has 1 aromatic rings. The lowest BCUT2D eigenvalue weighted by molar-refractivity contribution is -0.121. The molecule has 0 bridgehead atoms. The molecule has 3 heteroatoms. The molecule has 0 saturated heterocycles. The maximum absolute atomic E-state index is 11.6. The van der Waals surface area contributed by atoms with Crippen LogP contribution in [0.25, 0.3) is 5.57 Å². The van der Waals surface area contributed by atoms with Crippen LogP contribution in [-0.2, 0) is 11.2 Å². The zero-order chi connectivity index (χ0) is 12.9.